The zero-order chi connectivity index (χ0) is 13.5. The third-order valence-electron chi connectivity index (χ3n) is 2.57. The van der Waals surface area contributed by atoms with Gasteiger partial charge in [-0.2, -0.15) is 0 Å². The van der Waals surface area contributed by atoms with E-state index in [2.05, 4.69) is 0 Å². The van der Waals surface area contributed by atoms with Crippen molar-refractivity contribution in [3.63, 3.8) is 0 Å². The Labute approximate surface area is 108 Å². The Morgan fingerprint density at radius 1 is 1.17 bits per heavy atom. The van der Waals surface area contributed by atoms with Crippen LogP contribution in [-0.4, -0.2) is 26.6 Å². The summed E-state index contributed by atoms with van der Waals surface area (Å²) in [6, 6.07) is 3.77. The molecule has 0 saturated heterocycles. The lowest BCUT2D eigenvalue weighted by molar-refractivity contribution is -0.116. The molecule has 4 heteroatoms. The van der Waals surface area contributed by atoms with E-state index in [0.717, 1.165) is 5.56 Å². The predicted molar refractivity (Wildman–Crippen MR) is 69.7 cm³/mol. The van der Waals surface area contributed by atoms with Gasteiger partial charge in [0.15, 0.2) is 11.5 Å². The van der Waals surface area contributed by atoms with Crippen molar-refractivity contribution < 1.29 is 19.0 Å². The molecule has 0 fully saturated rings. The van der Waals surface area contributed by atoms with Crippen molar-refractivity contribution in [1.82, 2.24) is 0 Å². The monoisotopic (exact) mass is 252 g/mol. The summed E-state index contributed by atoms with van der Waals surface area (Å²) in [5.41, 5.74) is 1.00. The summed E-state index contributed by atoms with van der Waals surface area (Å²) in [5.74, 6) is 2.04. The second-order valence-corrected chi connectivity index (χ2v) is 3.96. The highest BCUT2D eigenvalue weighted by atomic mass is 16.5. The molecule has 100 valence electrons. The van der Waals surface area contributed by atoms with E-state index in [1.54, 1.807) is 21.1 Å². The normalized spacial score (nSPS) is 10.0. The molecule has 0 N–H and O–H groups in total. The molecule has 0 saturated carbocycles. The van der Waals surface area contributed by atoms with Gasteiger partial charge >= 0.3 is 0 Å². The highest BCUT2D eigenvalue weighted by molar-refractivity contribution is 5.75. The standard InChI is InChI=1S/C14H20O4/c1-5-18-14-12(16-3)8-11(7-6-10(2)15)9-13(14)17-4/h8-9H,5-7H2,1-4H3. The molecule has 1 aromatic carbocycles. The smallest absolute Gasteiger partial charge is 0.203 e. The molecule has 0 aliphatic heterocycles. The second-order valence-electron chi connectivity index (χ2n) is 3.96. The molecule has 0 spiro atoms. The van der Waals surface area contributed by atoms with Gasteiger partial charge in [0.1, 0.15) is 5.78 Å². The molecule has 1 aromatic rings. The first kappa shape index (κ1) is 14.4. The molecule has 0 aliphatic carbocycles. The number of ketones is 1. The molecule has 0 heterocycles. The van der Waals surface area contributed by atoms with E-state index in [-0.39, 0.29) is 5.78 Å². The molecule has 0 atom stereocenters. The number of carbonyl (C=O) groups is 1. The van der Waals surface area contributed by atoms with Crippen LogP contribution < -0.4 is 14.2 Å². The highest BCUT2D eigenvalue weighted by Crippen LogP contribution is 2.38. The largest absolute Gasteiger partial charge is 0.493 e. The van der Waals surface area contributed by atoms with Gasteiger partial charge in [0.05, 0.1) is 20.8 Å². The van der Waals surface area contributed by atoms with E-state index in [4.69, 9.17) is 14.2 Å². The van der Waals surface area contributed by atoms with Gasteiger partial charge in [-0.3, -0.25) is 0 Å². The average Bonchev–Trinajstić information content (AvgIpc) is 2.37. The van der Waals surface area contributed by atoms with Crippen molar-refractivity contribution in [2.75, 3.05) is 20.8 Å². The third kappa shape index (κ3) is 3.65. The van der Waals surface area contributed by atoms with Gasteiger partial charge in [-0.15, -0.1) is 0 Å². The Kier molecular flexibility index (Phi) is 5.49. The fraction of sp³-hybridized carbons (Fsp3) is 0.500. The number of carbonyl (C=O) groups excluding carboxylic acids is 1. The molecule has 0 unspecified atom stereocenters. The van der Waals surface area contributed by atoms with Crippen molar-refractivity contribution in [2.45, 2.75) is 26.7 Å². The van der Waals surface area contributed by atoms with Gasteiger partial charge in [0, 0.05) is 6.42 Å². The number of methoxy groups -OCH3 is 2. The van der Waals surface area contributed by atoms with Gasteiger partial charge < -0.3 is 19.0 Å². The number of ether oxygens (including phenoxy) is 3. The number of benzene rings is 1. The quantitative estimate of drug-likeness (QED) is 0.748. The van der Waals surface area contributed by atoms with Crippen molar-refractivity contribution in [3.05, 3.63) is 17.7 Å². The fourth-order valence-corrected chi connectivity index (χ4v) is 1.69. The molecule has 0 amide bonds. The van der Waals surface area contributed by atoms with Crippen LogP contribution in [0.25, 0.3) is 0 Å². The van der Waals surface area contributed by atoms with Gasteiger partial charge in [0.25, 0.3) is 0 Å². The summed E-state index contributed by atoms with van der Waals surface area (Å²) in [6.45, 7) is 4.03. The number of aryl methyl sites for hydroxylation is 1. The number of rotatable bonds is 7. The van der Waals surface area contributed by atoms with Crippen LogP contribution >= 0.6 is 0 Å². The minimum Gasteiger partial charge on any atom is -0.493 e. The lowest BCUT2D eigenvalue weighted by Crippen LogP contribution is -2.01. The maximum atomic E-state index is 11.0. The van der Waals surface area contributed by atoms with E-state index in [9.17, 15) is 4.79 Å². The summed E-state index contributed by atoms with van der Waals surface area (Å²) < 4.78 is 16.1. The Morgan fingerprint density at radius 2 is 1.72 bits per heavy atom. The fourth-order valence-electron chi connectivity index (χ4n) is 1.69. The van der Waals surface area contributed by atoms with Crippen LogP contribution in [0.15, 0.2) is 12.1 Å². The maximum Gasteiger partial charge on any atom is 0.203 e. The molecular formula is C14H20O4. The molecule has 0 aromatic heterocycles. The summed E-state index contributed by atoms with van der Waals surface area (Å²) in [6.07, 6.45) is 1.19. The van der Waals surface area contributed by atoms with Crippen LogP contribution in [0.3, 0.4) is 0 Å². The topological polar surface area (TPSA) is 44.8 Å². The summed E-state index contributed by atoms with van der Waals surface area (Å²) >= 11 is 0. The van der Waals surface area contributed by atoms with Crippen LogP contribution in [0.1, 0.15) is 25.8 Å². The number of hydrogen-bond acceptors (Lipinski definition) is 4. The maximum absolute atomic E-state index is 11.0. The molecule has 4 nitrogen and oxygen atoms in total. The zero-order valence-electron chi connectivity index (χ0n) is 11.4. The molecule has 1 rings (SSSR count). The van der Waals surface area contributed by atoms with Crippen LogP contribution in [0.5, 0.6) is 17.2 Å². The van der Waals surface area contributed by atoms with Gasteiger partial charge in [-0.1, -0.05) is 0 Å². The van der Waals surface area contributed by atoms with Gasteiger partial charge in [-0.25, -0.2) is 0 Å². The number of hydrogen-bond donors (Lipinski definition) is 0. The lowest BCUT2D eigenvalue weighted by Gasteiger charge is -2.15. The van der Waals surface area contributed by atoms with E-state index in [0.29, 0.717) is 36.7 Å². The van der Waals surface area contributed by atoms with Crippen molar-refractivity contribution in [1.29, 1.82) is 0 Å². The highest BCUT2D eigenvalue weighted by Gasteiger charge is 2.13. The average molecular weight is 252 g/mol. The van der Waals surface area contributed by atoms with Crippen LogP contribution in [0.4, 0.5) is 0 Å². The molecule has 0 aliphatic rings. The Hall–Kier alpha value is -1.71. The summed E-state index contributed by atoms with van der Waals surface area (Å²) in [7, 11) is 3.18. The summed E-state index contributed by atoms with van der Waals surface area (Å²) in [5, 5.41) is 0. The lowest BCUT2D eigenvalue weighted by atomic mass is 10.1. The van der Waals surface area contributed by atoms with E-state index in [1.165, 1.54) is 0 Å². The Morgan fingerprint density at radius 3 is 2.11 bits per heavy atom. The summed E-state index contributed by atoms with van der Waals surface area (Å²) in [4.78, 5) is 11.0. The van der Waals surface area contributed by atoms with Crippen molar-refractivity contribution in [2.24, 2.45) is 0 Å². The Bertz CT molecular complexity index is 387. The van der Waals surface area contributed by atoms with Crippen LogP contribution in [-0.2, 0) is 11.2 Å². The predicted octanol–water partition coefficient (Wildman–Crippen LogP) is 2.62. The number of Topliss-reactive ketones (excluding diaryl/α,β-unsaturated/α-hetero) is 1. The van der Waals surface area contributed by atoms with E-state index >= 15 is 0 Å². The van der Waals surface area contributed by atoms with Crippen molar-refractivity contribution in [3.8, 4) is 17.2 Å². The molecule has 0 radical (unpaired) electrons. The Balaban J connectivity index is 3.05. The van der Waals surface area contributed by atoms with Gasteiger partial charge in [0.2, 0.25) is 5.75 Å². The molecule has 18 heavy (non-hydrogen) atoms. The third-order valence-corrected chi connectivity index (χ3v) is 2.57. The zero-order valence-corrected chi connectivity index (χ0v) is 11.4. The first-order valence-electron chi connectivity index (χ1n) is 5.99. The SMILES string of the molecule is CCOc1c(OC)cc(CCC(C)=O)cc1OC. The minimum atomic E-state index is 0.168. The molecular weight excluding hydrogens is 232 g/mol. The van der Waals surface area contributed by atoms with Crippen LogP contribution in [0, 0.1) is 0 Å². The second kappa shape index (κ2) is 6.89. The first-order chi connectivity index (χ1) is 8.62. The van der Waals surface area contributed by atoms with Crippen molar-refractivity contribution >= 4 is 5.78 Å². The molecule has 0 bridgehead atoms. The van der Waals surface area contributed by atoms with E-state index in [1.807, 2.05) is 19.1 Å². The van der Waals surface area contributed by atoms with E-state index < -0.39 is 0 Å². The van der Waals surface area contributed by atoms with Crippen LogP contribution in [0.2, 0.25) is 0 Å². The first-order valence-corrected chi connectivity index (χ1v) is 5.99. The minimum absolute atomic E-state index is 0.168. The van der Waals surface area contributed by atoms with Gasteiger partial charge in [-0.05, 0) is 38.0 Å².